The van der Waals surface area contributed by atoms with Gasteiger partial charge in [0.05, 0.1) is 7.11 Å². The number of fused-ring (bicyclic) bond motifs is 5. The van der Waals surface area contributed by atoms with Crippen LogP contribution >= 0.6 is 0 Å². The first-order valence-electron chi connectivity index (χ1n) is 8.45. The summed E-state index contributed by atoms with van der Waals surface area (Å²) in [6.07, 6.45) is 6.18. The van der Waals surface area contributed by atoms with Gasteiger partial charge in [0.25, 0.3) is 6.08 Å². The zero-order valence-electron chi connectivity index (χ0n) is 13.6. The highest BCUT2D eigenvalue weighted by molar-refractivity contribution is 5.44. The summed E-state index contributed by atoms with van der Waals surface area (Å²) in [7, 11) is 1.70. The van der Waals surface area contributed by atoms with Crippen molar-refractivity contribution in [2.24, 2.45) is 17.3 Å². The molecule has 0 aliphatic heterocycles. The quantitative estimate of drug-likeness (QED) is 0.667. The Morgan fingerprint density at radius 2 is 2.09 bits per heavy atom. The number of rotatable bonds is 1. The molecule has 4 atom stereocenters. The van der Waals surface area contributed by atoms with E-state index in [1.165, 1.54) is 11.1 Å². The summed E-state index contributed by atoms with van der Waals surface area (Å²) in [5.74, 6) is 2.12. The van der Waals surface area contributed by atoms with Crippen LogP contribution in [0.2, 0.25) is 0 Å². The van der Waals surface area contributed by atoms with Gasteiger partial charge in [0, 0.05) is 11.0 Å². The Labute approximate surface area is 136 Å². The molecule has 1 saturated carbocycles. The third kappa shape index (κ3) is 2.09. The van der Waals surface area contributed by atoms with Crippen molar-refractivity contribution >= 4 is 0 Å². The van der Waals surface area contributed by atoms with E-state index in [0.29, 0.717) is 11.8 Å². The van der Waals surface area contributed by atoms with Crippen LogP contribution in [-0.2, 0) is 6.42 Å². The van der Waals surface area contributed by atoms with Crippen molar-refractivity contribution in [2.45, 2.75) is 38.5 Å². The van der Waals surface area contributed by atoms with Gasteiger partial charge in [-0.15, -0.1) is 0 Å². The SMILES string of the molecule is COc1ccc2c(c1)CC[C@@H]1[C@@H]2CC[C@]2(C)C(=C(F)F)C=C[C@@H]12. The maximum Gasteiger partial charge on any atom is 0.274 e. The molecule has 1 fully saturated rings. The fourth-order valence-corrected chi connectivity index (χ4v) is 5.27. The van der Waals surface area contributed by atoms with Crippen LogP contribution in [0.3, 0.4) is 0 Å². The zero-order valence-corrected chi connectivity index (χ0v) is 13.6. The Bertz CT molecular complexity index is 702. The number of hydrogen-bond acceptors (Lipinski definition) is 1. The lowest BCUT2D eigenvalue weighted by Crippen LogP contribution is -2.40. The first kappa shape index (κ1) is 14.9. The van der Waals surface area contributed by atoms with Crippen molar-refractivity contribution in [1.82, 2.24) is 0 Å². The van der Waals surface area contributed by atoms with Crippen LogP contribution in [-0.4, -0.2) is 7.11 Å². The molecule has 122 valence electrons. The predicted octanol–water partition coefficient (Wildman–Crippen LogP) is 5.48. The average Bonchev–Trinajstić information content (AvgIpc) is 2.91. The lowest BCUT2D eigenvalue weighted by Gasteiger charge is -2.49. The molecule has 0 heterocycles. The highest BCUT2D eigenvalue weighted by atomic mass is 19.3. The topological polar surface area (TPSA) is 9.23 Å². The summed E-state index contributed by atoms with van der Waals surface area (Å²) in [6.45, 7) is 2.03. The molecular formula is C20H22F2O. The molecule has 1 aromatic rings. The second-order valence-corrected chi connectivity index (χ2v) is 7.39. The summed E-state index contributed by atoms with van der Waals surface area (Å²) in [5, 5.41) is 0. The predicted molar refractivity (Wildman–Crippen MR) is 86.8 cm³/mol. The fourth-order valence-electron chi connectivity index (χ4n) is 5.27. The van der Waals surface area contributed by atoms with E-state index >= 15 is 0 Å². The number of hydrogen-bond donors (Lipinski definition) is 0. The Balaban J connectivity index is 1.71. The van der Waals surface area contributed by atoms with Gasteiger partial charge in [0.15, 0.2) is 0 Å². The van der Waals surface area contributed by atoms with Gasteiger partial charge < -0.3 is 4.74 Å². The highest BCUT2D eigenvalue weighted by Crippen LogP contribution is 2.61. The molecular weight excluding hydrogens is 294 g/mol. The molecule has 0 aromatic heterocycles. The number of benzene rings is 1. The van der Waals surface area contributed by atoms with Crippen LogP contribution in [0.4, 0.5) is 8.78 Å². The highest BCUT2D eigenvalue weighted by Gasteiger charge is 2.51. The zero-order chi connectivity index (χ0) is 16.2. The number of methoxy groups -OCH3 is 1. The minimum atomic E-state index is -1.49. The number of aryl methyl sites for hydroxylation is 1. The standard InChI is InChI=1S/C20H22F2O/c1-20-10-9-15-14-6-4-13(23-2)11-12(14)3-5-16(15)17(20)7-8-18(20)19(21)22/h4,6-8,11,15-17H,3,5,9-10H2,1-2H3/t15-,16-,17+,20+/m1/s1. The lowest BCUT2D eigenvalue weighted by molar-refractivity contribution is 0.101. The minimum absolute atomic E-state index is 0.244. The molecule has 0 radical (unpaired) electrons. The smallest absolute Gasteiger partial charge is 0.274 e. The molecule has 4 rings (SSSR count). The molecule has 0 unspecified atom stereocenters. The van der Waals surface area contributed by atoms with E-state index in [0.717, 1.165) is 31.4 Å². The van der Waals surface area contributed by atoms with Gasteiger partial charge in [-0.25, -0.2) is 0 Å². The van der Waals surface area contributed by atoms with Crippen molar-refractivity contribution in [3.8, 4) is 5.75 Å². The molecule has 3 aliphatic rings. The summed E-state index contributed by atoms with van der Waals surface area (Å²) in [4.78, 5) is 0. The second kappa shape index (κ2) is 5.19. The number of allylic oxidation sites excluding steroid dienone is 3. The molecule has 0 spiro atoms. The number of halogens is 2. The van der Waals surface area contributed by atoms with E-state index in [4.69, 9.17) is 4.74 Å². The molecule has 1 aromatic carbocycles. The lowest BCUT2D eigenvalue weighted by atomic mass is 9.55. The van der Waals surface area contributed by atoms with Crippen molar-refractivity contribution in [3.63, 3.8) is 0 Å². The van der Waals surface area contributed by atoms with Crippen LogP contribution in [0.5, 0.6) is 5.75 Å². The van der Waals surface area contributed by atoms with E-state index < -0.39 is 6.08 Å². The van der Waals surface area contributed by atoms with Gasteiger partial charge in [-0.1, -0.05) is 25.1 Å². The molecule has 0 amide bonds. The van der Waals surface area contributed by atoms with E-state index in [1.54, 1.807) is 13.2 Å². The molecule has 3 heteroatoms. The average molecular weight is 316 g/mol. The molecule has 1 nitrogen and oxygen atoms in total. The van der Waals surface area contributed by atoms with E-state index in [1.807, 2.05) is 13.0 Å². The Kier molecular flexibility index (Phi) is 3.36. The van der Waals surface area contributed by atoms with Crippen LogP contribution in [0.15, 0.2) is 42.0 Å². The van der Waals surface area contributed by atoms with Crippen LogP contribution in [0.25, 0.3) is 0 Å². The van der Waals surface area contributed by atoms with Gasteiger partial charge in [-0.3, -0.25) is 0 Å². The number of ether oxygens (including phenoxy) is 1. The molecule has 0 bridgehead atoms. The molecule has 3 aliphatic carbocycles. The Morgan fingerprint density at radius 3 is 2.83 bits per heavy atom. The summed E-state index contributed by atoms with van der Waals surface area (Å²) in [5.41, 5.74) is 2.70. The summed E-state index contributed by atoms with van der Waals surface area (Å²) >= 11 is 0. The van der Waals surface area contributed by atoms with Crippen molar-refractivity contribution in [1.29, 1.82) is 0 Å². The first-order valence-corrected chi connectivity index (χ1v) is 8.45. The molecule has 0 saturated heterocycles. The van der Waals surface area contributed by atoms with Crippen molar-refractivity contribution in [3.05, 3.63) is 53.1 Å². The summed E-state index contributed by atoms with van der Waals surface area (Å²) < 4.78 is 32.0. The van der Waals surface area contributed by atoms with E-state index in [2.05, 4.69) is 18.2 Å². The minimum Gasteiger partial charge on any atom is -0.497 e. The van der Waals surface area contributed by atoms with E-state index in [9.17, 15) is 8.78 Å². The van der Waals surface area contributed by atoms with E-state index in [-0.39, 0.29) is 16.9 Å². The van der Waals surface area contributed by atoms with Gasteiger partial charge in [-0.05, 0) is 66.7 Å². The first-order chi connectivity index (χ1) is 11.0. The van der Waals surface area contributed by atoms with Gasteiger partial charge in [0.2, 0.25) is 0 Å². The maximum atomic E-state index is 13.3. The Hall–Kier alpha value is -1.64. The molecule has 23 heavy (non-hydrogen) atoms. The van der Waals surface area contributed by atoms with Gasteiger partial charge in [0.1, 0.15) is 5.75 Å². The summed E-state index contributed by atoms with van der Waals surface area (Å²) in [6, 6.07) is 6.38. The van der Waals surface area contributed by atoms with Crippen LogP contribution in [0, 0.1) is 17.3 Å². The van der Waals surface area contributed by atoms with Gasteiger partial charge in [-0.2, -0.15) is 8.78 Å². The Morgan fingerprint density at radius 1 is 1.26 bits per heavy atom. The van der Waals surface area contributed by atoms with Crippen LogP contribution < -0.4 is 4.74 Å². The third-order valence-corrected chi connectivity index (χ3v) is 6.47. The second-order valence-electron chi connectivity index (χ2n) is 7.39. The van der Waals surface area contributed by atoms with Crippen molar-refractivity contribution < 1.29 is 13.5 Å². The van der Waals surface area contributed by atoms with Gasteiger partial charge >= 0.3 is 0 Å². The normalized spacial score (nSPS) is 34.6. The largest absolute Gasteiger partial charge is 0.497 e. The van der Waals surface area contributed by atoms with Crippen LogP contribution in [0.1, 0.15) is 43.2 Å². The maximum absolute atomic E-state index is 13.3. The monoisotopic (exact) mass is 316 g/mol. The fraction of sp³-hybridized carbons (Fsp3) is 0.500. The molecule has 0 N–H and O–H groups in total. The third-order valence-electron chi connectivity index (χ3n) is 6.47. The van der Waals surface area contributed by atoms with Crippen molar-refractivity contribution in [2.75, 3.05) is 7.11 Å².